The number of likely N-dealkylation sites (tertiary alicyclic amines) is 1. The molecule has 0 radical (unpaired) electrons. The maximum atomic E-state index is 12.5. The Bertz CT molecular complexity index is 748. The van der Waals surface area contributed by atoms with Crippen LogP contribution in [-0.2, 0) is 24.0 Å². The number of Topliss-reactive ketones (excluding diaryl/α,β-unsaturated/α-hetero) is 1. The minimum atomic E-state index is -1.20. The highest BCUT2D eigenvalue weighted by atomic mass is 16.4. The largest absolute Gasteiger partial charge is 0.481 e. The molecule has 1 rings (SSSR count). The van der Waals surface area contributed by atoms with Gasteiger partial charge in [0.2, 0.25) is 11.8 Å². The molecule has 1 heterocycles. The number of ketones is 1. The van der Waals surface area contributed by atoms with Crippen molar-refractivity contribution in [2.75, 3.05) is 13.1 Å². The molecule has 3 N–H and O–H groups in total. The van der Waals surface area contributed by atoms with Crippen LogP contribution in [0.5, 0.6) is 0 Å². The molecule has 0 saturated carbocycles. The number of carboxylic acids is 2. The van der Waals surface area contributed by atoms with Gasteiger partial charge in [-0.1, -0.05) is 84.0 Å². The lowest BCUT2D eigenvalue weighted by atomic mass is 9.94. The molecule has 0 aliphatic carbocycles. The Morgan fingerprint density at radius 2 is 1.15 bits per heavy atom. The summed E-state index contributed by atoms with van der Waals surface area (Å²) in [4.78, 5) is 60.3. The molecule has 0 aromatic rings. The highest BCUT2D eigenvalue weighted by molar-refractivity contribution is 5.90. The van der Waals surface area contributed by atoms with Gasteiger partial charge in [-0.25, -0.2) is 4.79 Å². The van der Waals surface area contributed by atoms with Gasteiger partial charge < -0.3 is 20.4 Å². The molecule has 39 heavy (non-hydrogen) atoms. The Morgan fingerprint density at radius 1 is 0.718 bits per heavy atom. The lowest BCUT2D eigenvalue weighted by Gasteiger charge is -2.32. The third-order valence-electron chi connectivity index (χ3n) is 7.69. The number of aliphatic carboxylic acids is 2. The predicted octanol–water partition coefficient (Wildman–Crippen LogP) is 5.49. The van der Waals surface area contributed by atoms with E-state index in [2.05, 4.69) is 5.32 Å². The van der Waals surface area contributed by atoms with Gasteiger partial charge in [-0.2, -0.15) is 0 Å². The number of rotatable bonds is 23. The average molecular weight is 553 g/mol. The number of unbranched alkanes of at least 4 members (excludes halogenated alkanes) is 13. The summed E-state index contributed by atoms with van der Waals surface area (Å²) in [5.74, 6) is -2.64. The minimum absolute atomic E-state index is 0.132. The second kappa shape index (κ2) is 21.4. The number of piperidine rings is 1. The zero-order valence-corrected chi connectivity index (χ0v) is 24.1. The van der Waals surface area contributed by atoms with Crippen molar-refractivity contribution in [1.29, 1.82) is 0 Å². The maximum absolute atomic E-state index is 12.5. The second-order valence-electron chi connectivity index (χ2n) is 11.0. The van der Waals surface area contributed by atoms with Gasteiger partial charge in [0.1, 0.15) is 11.8 Å². The first kappa shape index (κ1) is 34.6. The van der Waals surface area contributed by atoms with Gasteiger partial charge in [-0.3, -0.25) is 19.2 Å². The Labute approximate surface area is 234 Å². The summed E-state index contributed by atoms with van der Waals surface area (Å²) >= 11 is 0. The van der Waals surface area contributed by atoms with Crippen LogP contribution in [0.3, 0.4) is 0 Å². The molecule has 0 aromatic heterocycles. The zero-order chi connectivity index (χ0) is 28.9. The zero-order valence-electron chi connectivity index (χ0n) is 24.1. The number of carbonyl (C=O) groups is 5. The standard InChI is InChI=1S/C30H52N2O7/c1-2-25(33)23-26(30(38)39)31-29(37)24-19-21-32(22-20-24)27(34)17-15-13-11-9-7-5-3-4-6-8-10-12-14-16-18-28(35)36/h24,26H,2-23H2,1H3,(H,31,37)(H,35,36)(H,38,39)/t26-/m1/s1. The molecule has 1 saturated heterocycles. The first-order valence-electron chi connectivity index (χ1n) is 15.3. The summed E-state index contributed by atoms with van der Waals surface area (Å²) in [6.07, 6.45) is 17.9. The molecule has 2 amide bonds. The quantitative estimate of drug-likeness (QED) is 0.142. The van der Waals surface area contributed by atoms with Gasteiger partial charge in [0.05, 0.1) is 0 Å². The number of carbonyl (C=O) groups excluding carboxylic acids is 3. The van der Waals surface area contributed by atoms with Crippen LogP contribution in [-0.4, -0.2) is 63.8 Å². The summed E-state index contributed by atoms with van der Waals surface area (Å²) in [5, 5.41) is 20.4. The first-order valence-corrected chi connectivity index (χ1v) is 15.3. The van der Waals surface area contributed by atoms with Gasteiger partial charge in [0.15, 0.2) is 0 Å². The molecule has 9 heteroatoms. The van der Waals surface area contributed by atoms with E-state index < -0.39 is 18.0 Å². The van der Waals surface area contributed by atoms with Gasteiger partial charge in [0, 0.05) is 44.7 Å². The molecule has 1 aliphatic heterocycles. The van der Waals surface area contributed by atoms with Gasteiger partial charge in [-0.15, -0.1) is 0 Å². The van der Waals surface area contributed by atoms with Crippen LogP contribution < -0.4 is 5.32 Å². The third kappa shape index (κ3) is 17.0. The van der Waals surface area contributed by atoms with Gasteiger partial charge in [-0.05, 0) is 25.7 Å². The van der Waals surface area contributed by atoms with Crippen LogP contribution >= 0.6 is 0 Å². The minimum Gasteiger partial charge on any atom is -0.481 e. The lowest BCUT2D eigenvalue weighted by molar-refractivity contribution is -0.144. The molecular formula is C30H52N2O7. The fourth-order valence-corrected chi connectivity index (χ4v) is 5.08. The first-order chi connectivity index (χ1) is 18.7. The van der Waals surface area contributed by atoms with E-state index in [1.807, 2.05) is 4.90 Å². The highest BCUT2D eigenvalue weighted by Crippen LogP contribution is 2.20. The SMILES string of the molecule is CCC(=O)C[C@@H](NC(=O)C1CCN(C(=O)CCCCCCCCCCCCCCCCC(=O)O)CC1)C(=O)O. The third-order valence-corrected chi connectivity index (χ3v) is 7.69. The Morgan fingerprint density at radius 3 is 1.56 bits per heavy atom. The van der Waals surface area contributed by atoms with Crippen molar-refractivity contribution in [2.45, 2.75) is 141 Å². The lowest BCUT2D eigenvalue weighted by Crippen LogP contribution is -2.48. The number of carboxylic acid groups (broad SMARTS) is 2. The van der Waals surface area contributed by atoms with Crippen LogP contribution in [0, 0.1) is 5.92 Å². The summed E-state index contributed by atoms with van der Waals surface area (Å²) < 4.78 is 0. The van der Waals surface area contributed by atoms with Crippen LogP contribution in [0.2, 0.25) is 0 Å². The van der Waals surface area contributed by atoms with Crippen molar-refractivity contribution in [2.24, 2.45) is 5.92 Å². The summed E-state index contributed by atoms with van der Waals surface area (Å²) in [6, 6.07) is -1.19. The van der Waals surface area contributed by atoms with E-state index in [1.165, 1.54) is 51.4 Å². The van der Waals surface area contributed by atoms with Crippen molar-refractivity contribution in [3.8, 4) is 0 Å². The van der Waals surface area contributed by atoms with E-state index in [1.54, 1.807) is 6.92 Å². The molecule has 0 unspecified atom stereocenters. The monoisotopic (exact) mass is 552 g/mol. The molecule has 0 aromatic carbocycles. The fraction of sp³-hybridized carbons (Fsp3) is 0.833. The van der Waals surface area contributed by atoms with E-state index in [0.29, 0.717) is 38.8 Å². The normalized spacial score (nSPS) is 14.6. The van der Waals surface area contributed by atoms with Gasteiger partial charge in [0.25, 0.3) is 0 Å². The number of nitrogens with zero attached hydrogens (tertiary/aromatic N) is 1. The summed E-state index contributed by atoms with van der Waals surface area (Å²) in [6.45, 7) is 2.68. The molecular weight excluding hydrogens is 500 g/mol. The van der Waals surface area contributed by atoms with E-state index in [-0.39, 0.29) is 36.4 Å². The maximum Gasteiger partial charge on any atom is 0.326 e. The van der Waals surface area contributed by atoms with Crippen LogP contribution in [0.4, 0.5) is 0 Å². The van der Waals surface area contributed by atoms with Crippen molar-refractivity contribution < 1.29 is 34.2 Å². The molecule has 1 aliphatic rings. The van der Waals surface area contributed by atoms with E-state index in [9.17, 15) is 29.1 Å². The van der Waals surface area contributed by atoms with Crippen LogP contribution in [0.15, 0.2) is 0 Å². The molecule has 0 spiro atoms. The Hall–Kier alpha value is -2.45. The molecule has 1 atom stereocenters. The number of hydrogen-bond acceptors (Lipinski definition) is 5. The van der Waals surface area contributed by atoms with Crippen molar-refractivity contribution >= 4 is 29.5 Å². The fourth-order valence-electron chi connectivity index (χ4n) is 5.08. The molecule has 9 nitrogen and oxygen atoms in total. The van der Waals surface area contributed by atoms with Gasteiger partial charge >= 0.3 is 11.9 Å². The van der Waals surface area contributed by atoms with E-state index >= 15 is 0 Å². The van der Waals surface area contributed by atoms with Crippen molar-refractivity contribution in [3.63, 3.8) is 0 Å². The van der Waals surface area contributed by atoms with E-state index in [4.69, 9.17) is 5.11 Å². The molecule has 224 valence electrons. The second-order valence-corrected chi connectivity index (χ2v) is 11.0. The predicted molar refractivity (Wildman–Crippen MR) is 150 cm³/mol. The summed E-state index contributed by atoms with van der Waals surface area (Å²) in [7, 11) is 0. The average Bonchev–Trinajstić information content (AvgIpc) is 2.91. The topological polar surface area (TPSA) is 141 Å². The van der Waals surface area contributed by atoms with E-state index in [0.717, 1.165) is 38.5 Å². The Balaban J connectivity index is 2.01. The van der Waals surface area contributed by atoms with Crippen LogP contribution in [0.1, 0.15) is 135 Å². The number of nitrogens with one attached hydrogen (secondary N) is 1. The van der Waals surface area contributed by atoms with Crippen molar-refractivity contribution in [1.82, 2.24) is 10.2 Å². The smallest absolute Gasteiger partial charge is 0.326 e. The summed E-state index contributed by atoms with van der Waals surface area (Å²) in [5.41, 5.74) is 0. The number of amides is 2. The number of hydrogen-bond donors (Lipinski definition) is 3. The molecule has 1 fully saturated rings. The highest BCUT2D eigenvalue weighted by Gasteiger charge is 2.30. The van der Waals surface area contributed by atoms with Crippen LogP contribution in [0.25, 0.3) is 0 Å². The van der Waals surface area contributed by atoms with Crippen molar-refractivity contribution in [3.05, 3.63) is 0 Å². The Kier molecular flexibility index (Phi) is 19.0. The molecule has 0 bridgehead atoms.